The lowest BCUT2D eigenvalue weighted by Crippen LogP contribution is -2.40. The van der Waals surface area contributed by atoms with Crippen LogP contribution in [0.2, 0.25) is 0 Å². The Kier molecular flexibility index (Phi) is 4.37. The molecule has 0 radical (unpaired) electrons. The summed E-state index contributed by atoms with van der Waals surface area (Å²) in [5.74, 6) is 0.781. The van der Waals surface area contributed by atoms with E-state index in [2.05, 4.69) is 22.1 Å². The quantitative estimate of drug-likeness (QED) is 0.905. The van der Waals surface area contributed by atoms with Crippen LogP contribution in [0.1, 0.15) is 47.2 Å². The zero-order valence-corrected chi connectivity index (χ0v) is 15.6. The molecule has 1 fully saturated rings. The van der Waals surface area contributed by atoms with Gasteiger partial charge < -0.3 is 5.32 Å². The number of hydrogen-bond donors (Lipinski definition) is 1. The highest BCUT2D eigenvalue weighted by Crippen LogP contribution is 2.28. The van der Waals surface area contributed by atoms with Crippen LogP contribution in [-0.2, 0) is 13.0 Å². The summed E-state index contributed by atoms with van der Waals surface area (Å²) in [4.78, 5) is 33.8. The van der Waals surface area contributed by atoms with E-state index in [1.165, 1.54) is 17.8 Å². The Hall–Kier alpha value is -1.73. The number of carbonyl (C=O) groups excluding carboxylic acids is 1. The summed E-state index contributed by atoms with van der Waals surface area (Å²) in [5, 5.41) is 3.70. The minimum Gasteiger partial charge on any atom is -0.350 e. The van der Waals surface area contributed by atoms with E-state index in [0.717, 1.165) is 50.3 Å². The Balaban J connectivity index is 1.59. The molecule has 134 valence electrons. The number of aromatic nitrogens is 2. The molecule has 2 aromatic rings. The van der Waals surface area contributed by atoms with E-state index in [1.807, 2.05) is 6.92 Å². The molecule has 0 saturated carbocycles. The van der Waals surface area contributed by atoms with Crippen LogP contribution in [0.15, 0.2) is 4.79 Å². The molecule has 0 aromatic carbocycles. The zero-order valence-electron chi connectivity index (χ0n) is 14.8. The van der Waals surface area contributed by atoms with Crippen molar-refractivity contribution in [2.45, 2.75) is 52.1 Å². The number of carbonyl (C=O) groups is 1. The van der Waals surface area contributed by atoms with Crippen molar-refractivity contribution in [3.8, 4) is 0 Å². The van der Waals surface area contributed by atoms with Gasteiger partial charge in [-0.3, -0.25) is 19.1 Å². The molecule has 2 aromatic heterocycles. The highest BCUT2D eigenvalue weighted by molar-refractivity contribution is 7.20. The third kappa shape index (κ3) is 2.79. The van der Waals surface area contributed by atoms with Gasteiger partial charge in [0, 0.05) is 25.6 Å². The number of likely N-dealkylation sites (N-methyl/N-ethyl adjacent to an activating group) is 1. The lowest BCUT2D eigenvalue weighted by molar-refractivity contribution is 0.0945. The normalized spacial score (nSPS) is 20.3. The van der Waals surface area contributed by atoms with Crippen molar-refractivity contribution in [2.24, 2.45) is 0 Å². The van der Waals surface area contributed by atoms with Gasteiger partial charge in [-0.05, 0) is 44.8 Å². The van der Waals surface area contributed by atoms with E-state index in [-0.39, 0.29) is 11.5 Å². The van der Waals surface area contributed by atoms with Crippen molar-refractivity contribution in [3.63, 3.8) is 0 Å². The molecule has 25 heavy (non-hydrogen) atoms. The first-order valence-electron chi connectivity index (χ1n) is 9.15. The number of amides is 1. The summed E-state index contributed by atoms with van der Waals surface area (Å²) in [7, 11) is 0. The lowest BCUT2D eigenvalue weighted by atomic mass is 10.2. The maximum Gasteiger partial charge on any atom is 0.262 e. The fourth-order valence-electron chi connectivity index (χ4n) is 4.13. The van der Waals surface area contributed by atoms with E-state index in [9.17, 15) is 9.59 Å². The number of fused-ring (bicyclic) bond motifs is 2. The van der Waals surface area contributed by atoms with Crippen molar-refractivity contribution < 1.29 is 4.79 Å². The average Bonchev–Trinajstić information content (AvgIpc) is 3.31. The monoisotopic (exact) mass is 360 g/mol. The molecule has 1 N–H and O–H groups in total. The highest BCUT2D eigenvalue weighted by atomic mass is 32.1. The number of hydrogen-bond acceptors (Lipinski definition) is 5. The Labute approximate surface area is 150 Å². The molecule has 2 aliphatic heterocycles. The largest absolute Gasteiger partial charge is 0.350 e. The molecular weight excluding hydrogens is 336 g/mol. The standard InChI is InChI=1S/C18H24N4O2S/c1-3-21-8-4-6-12(21)10-19-16(23)15-11(2)14-17(25-15)20-13-7-5-9-22(13)18(14)24/h12H,3-10H2,1-2H3,(H,19,23)/t12-/m1/s1. The first kappa shape index (κ1) is 16.7. The fraction of sp³-hybridized carbons (Fsp3) is 0.611. The van der Waals surface area contributed by atoms with Crippen LogP contribution in [0.4, 0.5) is 0 Å². The van der Waals surface area contributed by atoms with Crippen molar-refractivity contribution in [2.75, 3.05) is 19.6 Å². The van der Waals surface area contributed by atoms with E-state index in [0.29, 0.717) is 27.7 Å². The number of nitrogens with zero attached hydrogens (tertiary/aromatic N) is 3. The van der Waals surface area contributed by atoms with Crippen LogP contribution >= 0.6 is 11.3 Å². The van der Waals surface area contributed by atoms with Gasteiger partial charge in [-0.2, -0.15) is 0 Å². The van der Waals surface area contributed by atoms with Gasteiger partial charge in [0.15, 0.2) is 0 Å². The molecule has 1 amide bonds. The van der Waals surface area contributed by atoms with Gasteiger partial charge in [0.05, 0.1) is 10.3 Å². The van der Waals surface area contributed by atoms with E-state index in [4.69, 9.17) is 0 Å². The van der Waals surface area contributed by atoms with Gasteiger partial charge >= 0.3 is 0 Å². The van der Waals surface area contributed by atoms with Crippen LogP contribution in [-0.4, -0.2) is 46.0 Å². The SMILES string of the molecule is CCN1CCC[C@@H]1CNC(=O)c1sc2nc3n(c(=O)c2c1C)CCC3. The van der Waals surface area contributed by atoms with E-state index in [1.54, 1.807) is 4.57 Å². The van der Waals surface area contributed by atoms with E-state index < -0.39 is 0 Å². The molecule has 7 heteroatoms. The molecule has 0 unspecified atom stereocenters. The maximum absolute atomic E-state index is 12.7. The summed E-state index contributed by atoms with van der Waals surface area (Å²) < 4.78 is 1.77. The van der Waals surface area contributed by atoms with Crippen molar-refractivity contribution in [1.29, 1.82) is 0 Å². The Morgan fingerprint density at radius 3 is 3.00 bits per heavy atom. The Morgan fingerprint density at radius 2 is 2.20 bits per heavy atom. The minimum atomic E-state index is -0.0759. The van der Waals surface area contributed by atoms with Crippen LogP contribution in [0.25, 0.3) is 10.2 Å². The van der Waals surface area contributed by atoms with Gasteiger partial charge in [0.25, 0.3) is 11.5 Å². The fourth-order valence-corrected chi connectivity index (χ4v) is 5.23. The number of nitrogens with one attached hydrogen (secondary N) is 1. The molecule has 4 heterocycles. The van der Waals surface area contributed by atoms with Gasteiger partial charge in [-0.1, -0.05) is 6.92 Å². The summed E-state index contributed by atoms with van der Waals surface area (Å²) >= 11 is 1.35. The second-order valence-electron chi connectivity index (χ2n) is 6.96. The summed E-state index contributed by atoms with van der Waals surface area (Å²) in [5.41, 5.74) is 0.786. The Bertz CT molecular complexity index is 885. The molecule has 0 aliphatic carbocycles. The van der Waals surface area contributed by atoms with Gasteiger partial charge in [0.1, 0.15) is 10.7 Å². The predicted molar refractivity (Wildman–Crippen MR) is 99.5 cm³/mol. The number of thiophene rings is 1. The molecule has 1 saturated heterocycles. The van der Waals surface area contributed by atoms with Gasteiger partial charge in [0.2, 0.25) is 0 Å². The maximum atomic E-state index is 12.7. The van der Waals surface area contributed by atoms with Crippen molar-refractivity contribution >= 4 is 27.5 Å². The summed E-state index contributed by atoms with van der Waals surface area (Å²) in [6.45, 7) is 7.58. The topological polar surface area (TPSA) is 67.2 Å². The number of rotatable bonds is 4. The molecule has 0 spiro atoms. The number of aryl methyl sites for hydroxylation is 2. The molecule has 4 rings (SSSR count). The number of likely N-dealkylation sites (tertiary alicyclic amines) is 1. The van der Waals surface area contributed by atoms with Gasteiger partial charge in [-0.25, -0.2) is 4.98 Å². The van der Waals surface area contributed by atoms with Crippen LogP contribution in [0.5, 0.6) is 0 Å². The third-order valence-electron chi connectivity index (χ3n) is 5.52. The predicted octanol–water partition coefficient (Wildman–Crippen LogP) is 1.93. The van der Waals surface area contributed by atoms with Gasteiger partial charge in [-0.15, -0.1) is 11.3 Å². The summed E-state index contributed by atoms with van der Waals surface area (Å²) in [6.07, 6.45) is 4.15. The summed E-state index contributed by atoms with van der Waals surface area (Å²) in [6, 6.07) is 0.427. The highest BCUT2D eigenvalue weighted by Gasteiger charge is 2.26. The van der Waals surface area contributed by atoms with Crippen molar-refractivity contribution in [1.82, 2.24) is 19.8 Å². The second kappa shape index (κ2) is 6.53. The van der Waals surface area contributed by atoms with Crippen molar-refractivity contribution in [3.05, 3.63) is 26.6 Å². The van der Waals surface area contributed by atoms with Crippen LogP contribution < -0.4 is 10.9 Å². The molecule has 1 atom stereocenters. The first-order valence-corrected chi connectivity index (χ1v) is 9.97. The zero-order chi connectivity index (χ0) is 17.6. The smallest absolute Gasteiger partial charge is 0.262 e. The minimum absolute atomic E-state index is 0.0123. The molecular formula is C18H24N4O2S. The second-order valence-corrected chi connectivity index (χ2v) is 7.96. The molecule has 6 nitrogen and oxygen atoms in total. The molecule has 2 aliphatic rings. The third-order valence-corrected chi connectivity index (χ3v) is 6.71. The van der Waals surface area contributed by atoms with E-state index >= 15 is 0 Å². The Morgan fingerprint density at radius 1 is 1.36 bits per heavy atom. The average molecular weight is 360 g/mol. The van der Waals surface area contributed by atoms with Crippen LogP contribution in [0, 0.1) is 6.92 Å². The first-order chi connectivity index (χ1) is 12.1. The van der Waals surface area contributed by atoms with Crippen LogP contribution in [0.3, 0.4) is 0 Å². The molecule has 0 bridgehead atoms. The lowest BCUT2D eigenvalue weighted by Gasteiger charge is -2.22.